The summed E-state index contributed by atoms with van der Waals surface area (Å²) in [4.78, 5) is 4.97. The van der Waals surface area contributed by atoms with Crippen LogP contribution >= 0.6 is 0 Å². The summed E-state index contributed by atoms with van der Waals surface area (Å²) in [5.41, 5.74) is 11.5. The van der Waals surface area contributed by atoms with Gasteiger partial charge in [0, 0.05) is 43.5 Å². The topological polar surface area (TPSA) is 6.48 Å². The molecule has 0 heterocycles. The fraction of sp³-hybridized carbons (Fsp3) is 0.613. The van der Waals surface area contributed by atoms with Crippen LogP contribution in [-0.4, -0.2) is 26.2 Å². The average Bonchev–Trinajstić information content (AvgIpc) is 2.80. The quantitative estimate of drug-likeness (QED) is 0.281. The van der Waals surface area contributed by atoms with E-state index < -0.39 is 0 Å². The summed E-state index contributed by atoms with van der Waals surface area (Å²) in [7, 11) is 0. The van der Waals surface area contributed by atoms with Crippen molar-refractivity contribution < 1.29 is 0 Å². The van der Waals surface area contributed by atoms with Crippen molar-refractivity contribution in [2.24, 2.45) is 0 Å². The molecule has 0 fully saturated rings. The summed E-state index contributed by atoms with van der Waals surface area (Å²) in [6, 6.07) is 9.90. The van der Waals surface area contributed by atoms with Crippen LogP contribution < -0.4 is 9.80 Å². The molecule has 0 aliphatic heterocycles. The van der Waals surface area contributed by atoms with Gasteiger partial charge in [-0.3, -0.25) is 0 Å². The van der Waals surface area contributed by atoms with E-state index in [-0.39, 0.29) is 0 Å². The van der Waals surface area contributed by atoms with Crippen molar-refractivity contribution in [3.8, 4) is 0 Å². The Balaban J connectivity index is 2.56. The van der Waals surface area contributed by atoms with E-state index in [2.05, 4.69) is 96.4 Å². The van der Waals surface area contributed by atoms with Crippen LogP contribution in [0.3, 0.4) is 0 Å². The maximum absolute atomic E-state index is 2.50. The molecule has 2 aromatic rings. The number of hydrogen-bond acceptors (Lipinski definition) is 2. The molecule has 0 spiro atoms. The zero-order chi connectivity index (χ0) is 24.5. The number of hydrogen-bond donors (Lipinski definition) is 0. The predicted octanol–water partition coefficient (Wildman–Crippen LogP) is 8.71. The zero-order valence-electron chi connectivity index (χ0n) is 23.1. The lowest BCUT2D eigenvalue weighted by atomic mass is 9.81. The first-order valence-electron chi connectivity index (χ1n) is 13.5. The fourth-order valence-corrected chi connectivity index (χ4v) is 5.46. The highest BCUT2D eigenvalue weighted by molar-refractivity contribution is 5.61. The van der Waals surface area contributed by atoms with Crippen LogP contribution in [0.4, 0.5) is 11.4 Å². The first-order valence-corrected chi connectivity index (χ1v) is 13.5. The monoisotopic (exact) mass is 450 g/mol. The number of benzene rings is 2. The third-order valence-corrected chi connectivity index (χ3v) is 7.47. The molecule has 0 unspecified atom stereocenters. The van der Waals surface area contributed by atoms with E-state index in [1.807, 2.05) is 0 Å². The Bertz CT molecular complexity index is 807. The molecule has 0 radical (unpaired) electrons. The summed E-state index contributed by atoms with van der Waals surface area (Å²) in [5, 5.41) is 0. The molecule has 2 aromatic carbocycles. The smallest absolute Gasteiger partial charge is 0.0398 e. The molecule has 184 valence electrons. The van der Waals surface area contributed by atoms with E-state index in [0.717, 1.165) is 26.2 Å². The predicted molar refractivity (Wildman–Crippen MR) is 150 cm³/mol. The number of unbranched alkanes of at least 4 members (excludes halogenated alkanes) is 3. The van der Waals surface area contributed by atoms with Gasteiger partial charge in [0.1, 0.15) is 0 Å². The molecule has 0 atom stereocenters. The van der Waals surface area contributed by atoms with Crippen molar-refractivity contribution in [3.63, 3.8) is 0 Å². The highest BCUT2D eigenvalue weighted by Gasteiger charge is 2.22. The van der Waals surface area contributed by atoms with Gasteiger partial charge in [-0.15, -0.1) is 0 Å². The van der Waals surface area contributed by atoms with Crippen LogP contribution in [0.15, 0.2) is 24.3 Å². The third-order valence-electron chi connectivity index (χ3n) is 7.47. The first-order chi connectivity index (χ1) is 15.8. The van der Waals surface area contributed by atoms with Gasteiger partial charge in [0.15, 0.2) is 0 Å². The standard InChI is InChI=1S/C31H50N2/c1-10-15-16-17-18-27(28-19-25(8)30(21-23(28)6)32(11-2)12-3)29-20-26(9)31(22-24(29)7)33(13-4)14-5/h19-22,27H,10-18H2,1-9H3. The minimum absolute atomic E-state index is 0.468. The molecule has 0 bridgehead atoms. The molecule has 0 amide bonds. The second-order valence-corrected chi connectivity index (χ2v) is 9.74. The van der Waals surface area contributed by atoms with Crippen molar-refractivity contribution in [1.29, 1.82) is 0 Å². The van der Waals surface area contributed by atoms with Crippen LogP contribution in [0.25, 0.3) is 0 Å². The summed E-state index contributed by atoms with van der Waals surface area (Å²) in [6.07, 6.45) is 6.49. The van der Waals surface area contributed by atoms with Crippen molar-refractivity contribution in [1.82, 2.24) is 0 Å². The van der Waals surface area contributed by atoms with Crippen LogP contribution in [0.2, 0.25) is 0 Å². The molecule has 0 aromatic heterocycles. The summed E-state index contributed by atoms with van der Waals surface area (Å²) in [6.45, 7) is 24.8. The van der Waals surface area contributed by atoms with Crippen molar-refractivity contribution >= 4 is 11.4 Å². The summed E-state index contributed by atoms with van der Waals surface area (Å²) < 4.78 is 0. The van der Waals surface area contributed by atoms with Gasteiger partial charge < -0.3 is 9.80 Å². The fourth-order valence-electron chi connectivity index (χ4n) is 5.46. The van der Waals surface area contributed by atoms with E-state index in [1.165, 1.54) is 76.9 Å². The van der Waals surface area contributed by atoms with Crippen LogP contribution in [-0.2, 0) is 0 Å². The lowest BCUT2D eigenvalue weighted by molar-refractivity contribution is 0.593. The molecule has 33 heavy (non-hydrogen) atoms. The Morgan fingerprint density at radius 1 is 0.545 bits per heavy atom. The molecule has 2 heteroatoms. The van der Waals surface area contributed by atoms with Gasteiger partial charge in [-0.25, -0.2) is 0 Å². The summed E-state index contributed by atoms with van der Waals surface area (Å²) >= 11 is 0. The van der Waals surface area contributed by atoms with Crippen molar-refractivity contribution in [2.45, 2.75) is 100 Å². The van der Waals surface area contributed by atoms with E-state index >= 15 is 0 Å². The molecule has 0 saturated heterocycles. The molecular formula is C31H50N2. The first kappa shape index (κ1) is 27.3. The van der Waals surface area contributed by atoms with Crippen molar-refractivity contribution in [3.05, 3.63) is 57.6 Å². The maximum Gasteiger partial charge on any atom is 0.0398 e. The number of anilines is 2. The molecule has 0 N–H and O–H groups in total. The summed E-state index contributed by atoms with van der Waals surface area (Å²) in [5.74, 6) is 0.468. The third kappa shape index (κ3) is 6.55. The molecule has 0 aliphatic rings. The average molecular weight is 451 g/mol. The van der Waals surface area contributed by atoms with Crippen LogP contribution in [0.5, 0.6) is 0 Å². The lowest BCUT2D eigenvalue weighted by Gasteiger charge is -2.29. The minimum atomic E-state index is 0.468. The number of nitrogens with zero attached hydrogens (tertiary/aromatic N) is 2. The molecule has 0 saturated carbocycles. The van der Waals surface area contributed by atoms with E-state index in [9.17, 15) is 0 Å². The van der Waals surface area contributed by atoms with E-state index in [4.69, 9.17) is 0 Å². The van der Waals surface area contributed by atoms with Gasteiger partial charge in [0.25, 0.3) is 0 Å². The Morgan fingerprint density at radius 3 is 1.33 bits per heavy atom. The normalized spacial score (nSPS) is 11.3. The molecule has 2 nitrogen and oxygen atoms in total. The second kappa shape index (κ2) is 13.1. The van der Waals surface area contributed by atoms with Gasteiger partial charge in [-0.2, -0.15) is 0 Å². The van der Waals surface area contributed by atoms with Crippen LogP contribution in [0, 0.1) is 27.7 Å². The van der Waals surface area contributed by atoms with Gasteiger partial charge in [0.05, 0.1) is 0 Å². The van der Waals surface area contributed by atoms with E-state index in [0.29, 0.717) is 5.92 Å². The second-order valence-electron chi connectivity index (χ2n) is 9.74. The Hall–Kier alpha value is -1.96. The van der Waals surface area contributed by atoms with Gasteiger partial charge in [0.2, 0.25) is 0 Å². The largest absolute Gasteiger partial charge is 0.372 e. The maximum atomic E-state index is 2.50. The van der Waals surface area contributed by atoms with Gasteiger partial charge in [-0.05, 0) is 107 Å². The number of rotatable bonds is 13. The van der Waals surface area contributed by atoms with Crippen molar-refractivity contribution in [2.75, 3.05) is 36.0 Å². The molecule has 0 aliphatic carbocycles. The minimum Gasteiger partial charge on any atom is -0.372 e. The Morgan fingerprint density at radius 2 is 0.970 bits per heavy atom. The van der Waals surface area contributed by atoms with E-state index in [1.54, 1.807) is 0 Å². The SMILES string of the molecule is CCCCCCC(c1cc(C)c(N(CC)CC)cc1C)c1cc(C)c(N(CC)CC)cc1C. The highest BCUT2D eigenvalue weighted by atomic mass is 15.1. The van der Waals surface area contributed by atoms with Gasteiger partial charge >= 0.3 is 0 Å². The highest BCUT2D eigenvalue weighted by Crippen LogP contribution is 2.39. The Kier molecular flexibility index (Phi) is 10.8. The number of aryl methyl sites for hydroxylation is 4. The lowest BCUT2D eigenvalue weighted by Crippen LogP contribution is -2.23. The molecule has 2 rings (SSSR count). The van der Waals surface area contributed by atoms with Gasteiger partial charge in [-0.1, -0.05) is 44.7 Å². The zero-order valence-corrected chi connectivity index (χ0v) is 23.1. The molecular weight excluding hydrogens is 400 g/mol. The van der Waals surface area contributed by atoms with Crippen LogP contribution in [0.1, 0.15) is 106 Å². The Labute approximate surface area is 205 Å².